The number of hydrogen-bond donors (Lipinski definition) is 2. The van der Waals surface area contributed by atoms with Crippen molar-refractivity contribution in [1.29, 1.82) is 0 Å². The molecule has 8 nitrogen and oxygen atoms in total. The van der Waals surface area contributed by atoms with Gasteiger partial charge in [-0.1, -0.05) is 74.5 Å². The number of phenols is 2. The fourth-order valence-corrected chi connectivity index (χ4v) is 5.50. The molecule has 1 aliphatic rings. The molecular weight excluding hydrogens is 663 g/mol. The largest absolute Gasteiger partial charge is 2.00 e. The number of carbonyl (C=O) groups is 2. The van der Waals surface area contributed by atoms with E-state index in [-0.39, 0.29) is 28.9 Å². The first-order valence-corrected chi connectivity index (χ1v) is 16.3. The number of carboxylic acid groups (broad SMARTS) is 2. The average molecular weight is 708 g/mol. The van der Waals surface area contributed by atoms with Gasteiger partial charge in [0.1, 0.15) is 11.5 Å². The molecule has 5 rings (SSSR count). The zero-order valence-electron chi connectivity index (χ0n) is 28.4. The molecule has 4 aromatic rings. The number of aromatic hydroxyl groups is 2. The van der Waals surface area contributed by atoms with Gasteiger partial charge >= 0.3 is 16.8 Å². The van der Waals surface area contributed by atoms with E-state index in [1.54, 1.807) is 0 Å². The maximum absolute atomic E-state index is 10.8. The number of rotatable bonds is 8. The fraction of sp³-hybridized carbons (Fsp3) is 0.300. The van der Waals surface area contributed by atoms with Crippen molar-refractivity contribution in [2.24, 2.45) is 9.98 Å². The second-order valence-corrected chi connectivity index (χ2v) is 11.6. The van der Waals surface area contributed by atoms with E-state index in [0.29, 0.717) is 11.5 Å². The summed E-state index contributed by atoms with van der Waals surface area (Å²) in [5.41, 5.74) is 7.89. The van der Waals surface area contributed by atoms with Crippen LogP contribution in [0.5, 0.6) is 11.5 Å². The van der Waals surface area contributed by atoms with Gasteiger partial charge in [0.2, 0.25) is 0 Å². The van der Waals surface area contributed by atoms with E-state index in [9.17, 15) is 10.2 Å². The summed E-state index contributed by atoms with van der Waals surface area (Å²) in [7, 11) is 0. The van der Waals surface area contributed by atoms with E-state index in [1.807, 2.05) is 61.0 Å². The quantitative estimate of drug-likeness (QED) is 0.218. The van der Waals surface area contributed by atoms with Crippen LogP contribution in [0.4, 0.5) is 0 Å². The van der Waals surface area contributed by atoms with Crippen LogP contribution in [0, 0.1) is 0 Å². The molecule has 9 heteroatoms. The standard InChI is InChI=1S/C36H38N2O2.2C2H4O2.Co/c1-3-25-19-29(27-11-7-5-8-12-27)21-31(35(25)39)23-37-33-15-17-34(18-16-33)38-24-32-22-30(20-26(4-2)36(32)40)28-13-9-6-10-14-28;2*1-2(3)4;/h5-14,19-24,33-34,39-40H,3-4,15-18H2,1-2H3;2*1H3,(H,3,4);/q;;;+2/p-2. The molecule has 259 valence electrons. The summed E-state index contributed by atoms with van der Waals surface area (Å²) in [4.78, 5) is 27.5. The van der Waals surface area contributed by atoms with Crippen molar-refractivity contribution in [1.82, 2.24) is 0 Å². The summed E-state index contributed by atoms with van der Waals surface area (Å²) in [6, 6.07) is 29.2. The SMILES string of the molecule is CC(=O)[O-].CC(=O)[O-].CCc1cc(-c2ccccc2)cc(C=NC2CCC(N=Cc3cc(-c4ccccc4)cc(CC)c3O)CC2)c1O.[Co+2]. The van der Waals surface area contributed by atoms with Gasteiger partial charge in [-0.2, -0.15) is 0 Å². The Morgan fingerprint density at radius 3 is 1.22 bits per heavy atom. The summed E-state index contributed by atoms with van der Waals surface area (Å²) >= 11 is 0. The summed E-state index contributed by atoms with van der Waals surface area (Å²) in [6.07, 6.45) is 9.05. The molecule has 1 fully saturated rings. The second kappa shape index (κ2) is 20.6. The zero-order chi connectivity index (χ0) is 35.1. The molecule has 0 atom stereocenters. The average Bonchev–Trinajstić information content (AvgIpc) is 3.08. The van der Waals surface area contributed by atoms with Crippen molar-refractivity contribution in [2.75, 3.05) is 0 Å². The Morgan fingerprint density at radius 1 is 0.633 bits per heavy atom. The normalized spacial score (nSPS) is 15.3. The van der Waals surface area contributed by atoms with Crippen LogP contribution in [0.2, 0.25) is 0 Å². The number of hydrogen-bond acceptors (Lipinski definition) is 8. The Labute approximate surface area is 299 Å². The molecule has 0 unspecified atom stereocenters. The summed E-state index contributed by atoms with van der Waals surface area (Å²) in [5.74, 6) is -1.51. The molecule has 0 spiro atoms. The number of nitrogens with zero attached hydrogens (tertiary/aromatic N) is 2. The van der Waals surface area contributed by atoms with E-state index in [4.69, 9.17) is 29.8 Å². The molecule has 0 aromatic heterocycles. The third-order valence-corrected chi connectivity index (χ3v) is 7.93. The van der Waals surface area contributed by atoms with Crippen LogP contribution in [0.1, 0.15) is 75.6 Å². The maximum Gasteiger partial charge on any atom is 2.00 e. The molecule has 0 aliphatic heterocycles. The molecule has 1 saturated carbocycles. The van der Waals surface area contributed by atoms with Gasteiger partial charge in [0.25, 0.3) is 0 Å². The Bertz CT molecular complexity index is 1560. The Hall–Kier alpha value is -4.73. The van der Waals surface area contributed by atoms with E-state index < -0.39 is 11.9 Å². The van der Waals surface area contributed by atoms with Crippen LogP contribution in [0.25, 0.3) is 22.3 Å². The van der Waals surface area contributed by atoms with E-state index >= 15 is 0 Å². The van der Waals surface area contributed by atoms with Crippen LogP contribution in [-0.4, -0.2) is 46.7 Å². The number of carbonyl (C=O) groups excluding carboxylic acids is 2. The number of aryl methyl sites for hydroxylation is 2. The van der Waals surface area contributed by atoms with Crippen LogP contribution < -0.4 is 10.2 Å². The monoisotopic (exact) mass is 707 g/mol. The molecular formula is C40H44CoN2O6. The number of benzene rings is 4. The van der Waals surface area contributed by atoms with Gasteiger partial charge in [0.05, 0.1) is 12.1 Å². The number of phenolic OH excluding ortho intramolecular Hbond substituents is 2. The van der Waals surface area contributed by atoms with E-state index in [1.165, 1.54) is 0 Å². The van der Waals surface area contributed by atoms with Crippen molar-refractivity contribution in [3.8, 4) is 33.8 Å². The minimum Gasteiger partial charge on any atom is -0.550 e. The molecule has 2 N–H and O–H groups in total. The van der Waals surface area contributed by atoms with Gasteiger partial charge in [-0.3, -0.25) is 9.98 Å². The fourth-order valence-electron chi connectivity index (χ4n) is 5.50. The van der Waals surface area contributed by atoms with Crippen molar-refractivity contribution >= 4 is 24.4 Å². The van der Waals surface area contributed by atoms with Crippen LogP contribution >= 0.6 is 0 Å². The first-order valence-electron chi connectivity index (χ1n) is 16.3. The second-order valence-electron chi connectivity index (χ2n) is 11.6. The number of aliphatic imine (C=N–C) groups is 2. The molecule has 4 aromatic carbocycles. The molecule has 1 radical (unpaired) electrons. The predicted molar refractivity (Wildman–Crippen MR) is 188 cm³/mol. The first kappa shape index (κ1) is 40.4. The van der Waals surface area contributed by atoms with Gasteiger partial charge in [-0.15, -0.1) is 0 Å². The molecule has 0 heterocycles. The Morgan fingerprint density at radius 2 is 0.939 bits per heavy atom. The molecule has 0 bridgehead atoms. The minimum absolute atomic E-state index is 0. The van der Waals surface area contributed by atoms with Crippen molar-refractivity contribution < 1.29 is 46.8 Å². The molecule has 1 aliphatic carbocycles. The van der Waals surface area contributed by atoms with E-state index in [0.717, 1.165) is 96.9 Å². The Kier molecular flexibility index (Phi) is 17.0. The number of aliphatic carboxylic acids is 2. The van der Waals surface area contributed by atoms with Gasteiger partial charge in [-0.05, 0) is 110 Å². The van der Waals surface area contributed by atoms with Gasteiger partial charge in [-0.25, -0.2) is 0 Å². The van der Waals surface area contributed by atoms with Gasteiger partial charge < -0.3 is 30.0 Å². The topological polar surface area (TPSA) is 145 Å². The van der Waals surface area contributed by atoms with Crippen LogP contribution in [-0.2, 0) is 39.2 Å². The van der Waals surface area contributed by atoms with E-state index in [2.05, 4.69) is 50.2 Å². The van der Waals surface area contributed by atoms with Crippen LogP contribution in [0.15, 0.2) is 94.9 Å². The first-order chi connectivity index (χ1) is 23.0. The van der Waals surface area contributed by atoms with Crippen molar-refractivity contribution in [2.45, 2.75) is 78.3 Å². The third kappa shape index (κ3) is 13.0. The third-order valence-electron chi connectivity index (χ3n) is 7.93. The molecule has 49 heavy (non-hydrogen) atoms. The minimum atomic E-state index is -1.08. The van der Waals surface area contributed by atoms with Crippen molar-refractivity contribution in [3.05, 3.63) is 107 Å². The molecule has 0 amide bonds. The smallest absolute Gasteiger partial charge is 0.550 e. The van der Waals surface area contributed by atoms with Crippen molar-refractivity contribution in [3.63, 3.8) is 0 Å². The van der Waals surface area contributed by atoms with Crippen LogP contribution in [0.3, 0.4) is 0 Å². The summed E-state index contributed by atoms with van der Waals surface area (Å²) < 4.78 is 0. The maximum atomic E-state index is 10.8. The zero-order valence-corrected chi connectivity index (χ0v) is 29.4. The van der Waals surface area contributed by atoms with Gasteiger partial charge in [0, 0.05) is 35.5 Å². The predicted octanol–water partition coefficient (Wildman–Crippen LogP) is 5.92. The molecule has 0 saturated heterocycles. The summed E-state index contributed by atoms with van der Waals surface area (Å²) in [6.45, 7) is 6.07. The Balaban J connectivity index is 0.000000837. The van der Waals surface area contributed by atoms with Gasteiger partial charge in [0.15, 0.2) is 0 Å². The number of carboxylic acids is 2. The summed E-state index contributed by atoms with van der Waals surface area (Å²) in [5, 5.41) is 39.4.